The minimum Gasteiger partial charge on any atom is -0.479 e. The van der Waals surface area contributed by atoms with Crippen LogP contribution in [0.5, 0.6) is 0 Å². The maximum atomic E-state index is 10.6. The Morgan fingerprint density at radius 1 is 1.08 bits per heavy atom. The summed E-state index contributed by atoms with van der Waals surface area (Å²) in [5, 5.41) is 15.8. The number of carbonyl (C=O) groups is 3. The SMILES string of the molecule is O=C(O)COC(=O)CCC(=O)OO. The normalized spacial score (nSPS) is 9.00. The molecule has 0 fully saturated rings. The highest BCUT2D eigenvalue weighted by atomic mass is 17.1. The second kappa shape index (κ2) is 5.95. The first kappa shape index (κ1) is 11.4. The molecule has 0 saturated heterocycles. The number of rotatable bonds is 5. The number of carbonyl (C=O) groups excluding carboxylic acids is 2. The average Bonchev–Trinajstić information content (AvgIpc) is 2.10. The molecule has 0 rings (SSSR count). The van der Waals surface area contributed by atoms with Crippen LogP contribution in [0.4, 0.5) is 0 Å². The summed E-state index contributed by atoms with van der Waals surface area (Å²) in [5.74, 6) is -3.10. The molecule has 0 atom stereocenters. The van der Waals surface area contributed by atoms with Crippen molar-refractivity contribution in [2.45, 2.75) is 12.8 Å². The number of hydrogen-bond donors (Lipinski definition) is 2. The van der Waals surface area contributed by atoms with Gasteiger partial charge in [-0.1, -0.05) is 0 Å². The highest BCUT2D eigenvalue weighted by molar-refractivity contribution is 5.79. The van der Waals surface area contributed by atoms with Crippen molar-refractivity contribution in [1.82, 2.24) is 0 Å². The van der Waals surface area contributed by atoms with Crippen molar-refractivity contribution >= 4 is 17.9 Å². The third kappa shape index (κ3) is 6.76. The fraction of sp³-hybridized carbons (Fsp3) is 0.500. The minimum absolute atomic E-state index is 0.327. The summed E-state index contributed by atoms with van der Waals surface area (Å²) in [6, 6.07) is 0. The molecule has 2 N–H and O–H groups in total. The summed E-state index contributed by atoms with van der Waals surface area (Å²) in [7, 11) is 0. The van der Waals surface area contributed by atoms with E-state index in [-0.39, 0.29) is 12.8 Å². The zero-order valence-electron chi connectivity index (χ0n) is 6.56. The number of carboxylic acid groups (broad SMARTS) is 1. The molecule has 0 radical (unpaired) electrons. The van der Waals surface area contributed by atoms with Gasteiger partial charge >= 0.3 is 17.9 Å². The fourth-order valence-electron chi connectivity index (χ4n) is 0.464. The number of ether oxygens (including phenoxy) is 1. The van der Waals surface area contributed by atoms with Gasteiger partial charge in [-0.3, -0.25) is 4.79 Å². The number of hydrogen-bond acceptors (Lipinski definition) is 6. The summed E-state index contributed by atoms with van der Waals surface area (Å²) in [5.41, 5.74) is 0. The summed E-state index contributed by atoms with van der Waals surface area (Å²) >= 11 is 0. The number of aliphatic carboxylic acids is 1. The van der Waals surface area contributed by atoms with Gasteiger partial charge in [-0.05, 0) is 0 Å². The molecule has 0 aliphatic rings. The Morgan fingerprint density at radius 2 is 1.62 bits per heavy atom. The van der Waals surface area contributed by atoms with Gasteiger partial charge in [0.15, 0.2) is 6.61 Å². The molecule has 0 saturated carbocycles. The molecule has 0 heterocycles. The van der Waals surface area contributed by atoms with E-state index < -0.39 is 24.5 Å². The van der Waals surface area contributed by atoms with Crippen LogP contribution in [-0.2, 0) is 24.0 Å². The van der Waals surface area contributed by atoms with E-state index in [1.165, 1.54) is 0 Å². The smallest absolute Gasteiger partial charge is 0.342 e. The van der Waals surface area contributed by atoms with E-state index in [0.717, 1.165) is 0 Å². The third-order valence-electron chi connectivity index (χ3n) is 0.992. The van der Waals surface area contributed by atoms with Crippen molar-refractivity contribution in [2.75, 3.05) is 6.61 Å². The lowest BCUT2D eigenvalue weighted by atomic mass is 10.3. The Hall–Kier alpha value is -1.63. The lowest BCUT2D eigenvalue weighted by Gasteiger charge is -1.99. The van der Waals surface area contributed by atoms with Gasteiger partial charge in [0.1, 0.15) is 0 Å². The van der Waals surface area contributed by atoms with Crippen LogP contribution in [0.2, 0.25) is 0 Å². The molecule has 74 valence electrons. The molecular weight excluding hydrogens is 184 g/mol. The lowest BCUT2D eigenvalue weighted by molar-refractivity contribution is -0.234. The molecule has 0 aromatic rings. The first-order chi connectivity index (χ1) is 6.06. The van der Waals surface area contributed by atoms with Crippen molar-refractivity contribution in [3.05, 3.63) is 0 Å². The second-order valence-electron chi connectivity index (χ2n) is 2.02. The summed E-state index contributed by atoms with van der Waals surface area (Å²) < 4.78 is 4.17. The molecular formula is C6H8O7. The summed E-state index contributed by atoms with van der Waals surface area (Å²) in [6.07, 6.45) is -0.679. The Bertz CT molecular complexity index is 209. The summed E-state index contributed by atoms with van der Waals surface area (Å²) in [6.45, 7) is -0.743. The zero-order chi connectivity index (χ0) is 10.3. The Kier molecular flexibility index (Phi) is 5.20. The van der Waals surface area contributed by atoms with Crippen LogP contribution in [0.15, 0.2) is 0 Å². The highest BCUT2D eigenvalue weighted by Crippen LogP contribution is 1.94. The molecule has 13 heavy (non-hydrogen) atoms. The molecule has 7 nitrogen and oxygen atoms in total. The maximum absolute atomic E-state index is 10.6. The largest absolute Gasteiger partial charge is 0.479 e. The lowest BCUT2D eigenvalue weighted by Crippen LogP contribution is -2.14. The van der Waals surface area contributed by atoms with Gasteiger partial charge in [0.25, 0.3) is 0 Å². The molecule has 0 aliphatic carbocycles. The number of carboxylic acids is 1. The van der Waals surface area contributed by atoms with Crippen molar-refractivity contribution in [2.24, 2.45) is 0 Å². The quantitative estimate of drug-likeness (QED) is 0.340. The van der Waals surface area contributed by atoms with Crippen molar-refractivity contribution in [1.29, 1.82) is 0 Å². The number of esters is 1. The van der Waals surface area contributed by atoms with E-state index >= 15 is 0 Å². The molecule has 0 unspecified atom stereocenters. The van der Waals surface area contributed by atoms with Crippen molar-refractivity contribution in [3.63, 3.8) is 0 Å². The van der Waals surface area contributed by atoms with Crippen LogP contribution < -0.4 is 0 Å². The molecule has 0 aliphatic heterocycles. The van der Waals surface area contributed by atoms with E-state index in [1.807, 2.05) is 0 Å². The van der Waals surface area contributed by atoms with Gasteiger partial charge in [-0.25, -0.2) is 9.59 Å². The minimum atomic E-state index is -1.28. The van der Waals surface area contributed by atoms with E-state index in [0.29, 0.717) is 0 Å². The van der Waals surface area contributed by atoms with Crippen LogP contribution in [0.25, 0.3) is 0 Å². The summed E-state index contributed by atoms with van der Waals surface area (Å²) in [4.78, 5) is 34.0. The fourth-order valence-corrected chi connectivity index (χ4v) is 0.464. The van der Waals surface area contributed by atoms with Gasteiger partial charge in [-0.15, -0.1) is 0 Å². The first-order valence-corrected chi connectivity index (χ1v) is 3.28. The Balaban J connectivity index is 3.52. The molecule has 0 aromatic heterocycles. The molecule has 0 bridgehead atoms. The molecule has 0 amide bonds. The average molecular weight is 192 g/mol. The Morgan fingerprint density at radius 3 is 2.08 bits per heavy atom. The van der Waals surface area contributed by atoms with Gasteiger partial charge in [-0.2, -0.15) is 5.26 Å². The van der Waals surface area contributed by atoms with E-state index in [1.54, 1.807) is 0 Å². The van der Waals surface area contributed by atoms with Crippen LogP contribution in [0.3, 0.4) is 0 Å². The van der Waals surface area contributed by atoms with Crippen LogP contribution >= 0.6 is 0 Å². The van der Waals surface area contributed by atoms with Gasteiger partial charge in [0, 0.05) is 0 Å². The van der Waals surface area contributed by atoms with E-state index in [2.05, 4.69) is 9.62 Å². The Labute approximate surface area is 72.8 Å². The molecule has 0 spiro atoms. The maximum Gasteiger partial charge on any atom is 0.342 e. The predicted molar refractivity (Wildman–Crippen MR) is 36.5 cm³/mol. The monoisotopic (exact) mass is 192 g/mol. The van der Waals surface area contributed by atoms with E-state index in [9.17, 15) is 14.4 Å². The van der Waals surface area contributed by atoms with Crippen LogP contribution in [0.1, 0.15) is 12.8 Å². The van der Waals surface area contributed by atoms with Crippen molar-refractivity contribution < 1.29 is 34.4 Å². The van der Waals surface area contributed by atoms with Gasteiger partial charge in [0.2, 0.25) is 0 Å². The zero-order valence-corrected chi connectivity index (χ0v) is 6.56. The first-order valence-electron chi connectivity index (χ1n) is 3.28. The van der Waals surface area contributed by atoms with Gasteiger partial charge in [0.05, 0.1) is 12.8 Å². The molecule has 7 heteroatoms. The van der Waals surface area contributed by atoms with E-state index in [4.69, 9.17) is 10.4 Å². The van der Waals surface area contributed by atoms with Crippen LogP contribution in [0, 0.1) is 0 Å². The third-order valence-corrected chi connectivity index (χ3v) is 0.992. The highest BCUT2D eigenvalue weighted by Gasteiger charge is 2.09. The standard InChI is InChI=1S/C6H8O7/c7-4(8)3-12-5(9)1-2-6(10)13-11/h11H,1-3H2,(H,7,8). The second-order valence-corrected chi connectivity index (χ2v) is 2.02. The van der Waals surface area contributed by atoms with Gasteiger partial charge < -0.3 is 14.7 Å². The molecule has 0 aromatic carbocycles. The van der Waals surface area contributed by atoms with Crippen molar-refractivity contribution in [3.8, 4) is 0 Å². The predicted octanol–water partition coefficient (Wildman–Crippen LogP) is -0.589. The topological polar surface area (TPSA) is 110 Å². The van der Waals surface area contributed by atoms with Crippen LogP contribution in [-0.4, -0.2) is 34.9 Å².